The molecule has 0 spiro atoms. The molecule has 2 atom stereocenters. The minimum atomic E-state index is -0.372. The molecule has 2 unspecified atom stereocenters. The van der Waals surface area contributed by atoms with Crippen LogP contribution in [0.1, 0.15) is 38.2 Å². The van der Waals surface area contributed by atoms with Crippen molar-refractivity contribution in [3.8, 4) is 0 Å². The van der Waals surface area contributed by atoms with Crippen molar-refractivity contribution in [3.63, 3.8) is 0 Å². The van der Waals surface area contributed by atoms with E-state index in [2.05, 4.69) is 16.4 Å². The Labute approximate surface area is 135 Å². The highest BCUT2D eigenvalue weighted by atomic mass is 16.5. The summed E-state index contributed by atoms with van der Waals surface area (Å²) in [6, 6.07) is 3.74. The number of pyridine rings is 1. The molecule has 1 aromatic rings. The fourth-order valence-electron chi connectivity index (χ4n) is 3.41. The number of carbonyl (C=O) groups is 2. The van der Waals surface area contributed by atoms with Crippen LogP contribution in [0.15, 0.2) is 47.6 Å². The van der Waals surface area contributed by atoms with Gasteiger partial charge in [0.05, 0.1) is 18.1 Å². The molecule has 0 fully saturated rings. The van der Waals surface area contributed by atoms with Crippen LogP contribution < -0.4 is 5.32 Å². The number of allylic oxidation sites excluding steroid dienone is 3. The molecule has 120 valence electrons. The SMILES string of the molecule is CCOC(=O)C1=C(C)NC2=CCCC(=O)C2C1c1cccnc1. The largest absolute Gasteiger partial charge is 0.463 e. The van der Waals surface area contributed by atoms with Crippen LogP contribution in [0.4, 0.5) is 0 Å². The molecular weight excluding hydrogens is 292 g/mol. The summed E-state index contributed by atoms with van der Waals surface area (Å²) in [4.78, 5) is 29.2. The first-order chi connectivity index (χ1) is 11.1. The van der Waals surface area contributed by atoms with E-state index in [4.69, 9.17) is 4.74 Å². The van der Waals surface area contributed by atoms with E-state index < -0.39 is 0 Å². The third kappa shape index (κ3) is 2.79. The first kappa shape index (κ1) is 15.5. The minimum Gasteiger partial charge on any atom is -0.463 e. The van der Waals surface area contributed by atoms with E-state index in [0.29, 0.717) is 18.6 Å². The van der Waals surface area contributed by atoms with Crippen molar-refractivity contribution in [2.75, 3.05) is 6.61 Å². The molecule has 1 aromatic heterocycles. The number of ketones is 1. The average Bonchev–Trinajstić information content (AvgIpc) is 2.54. The van der Waals surface area contributed by atoms with Crippen LogP contribution in [0, 0.1) is 5.92 Å². The number of ether oxygens (including phenoxy) is 1. The number of hydrogen-bond acceptors (Lipinski definition) is 5. The molecule has 0 bridgehead atoms. The van der Waals surface area contributed by atoms with Crippen LogP contribution >= 0.6 is 0 Å². The molecule has 0 amide bonds. The van der Waals surface area contributed by atoms with Gasteiger partial charge < -0.3 is 10.1 Å². The minimum absolute atomic E-state index is 0.151. The van der Waals surface area contributed by atoms with Crippen molar-refractivity contribution in [2.24, 2.45) is 5.92 Å². The summed E-state index contributed by atoms with van der Waals surface area (Å²) in [5, 5.41) is 3.24. The van der Waals surface area contributed by atoms with E-state index in [1.807, 2.05) is 19.1 Å². The van der Waals surface area contributed by atoms with Crippen LogP contribution in [-0.4, -0.2) is 23.3 Å². The van der Waals surface area contributed by atoms with Gasteiger partial charge in [0.25, 0.3) is 0 Å². The highest BCUT2D eigenvalue weighted by Gasteiger charge is 2.43. The van der Waals surface area contributed by atoms with Crippen LogP contribution in [0.5, 0.6) is 0 Å². The van der Waals surface area contributed by atoms with Crippen LogP contribution in [0.25, 0.3) is 0 Å². The number of rotatable bonds is 3. The maximum absolute atomic E-state index is 12.6. The topological polar surface area (TPSA) is 68.3 Å². The molecule has 0 saturated heterocycles. The second-order valence-corrected chi connectivity index (χ2v) is 5.79. The Bertz CT molecular complexity index is 691. The van der Waals surface area contributed by atoms with Crippen LogP contribution in [0.2, 0.25) is 0 Å². The molecule has 2 aliphatic rings. The van der Waals surface area contributed by atoms with E-state index in [-0.39, 0.29) is 23.6 Å². The van der Waals surface area contributed by atoms with Gasteiger partial charge in [-0.2, -0.15) is 0 Å². The number of esters is 1. The fourth-order valence-corrected chi connectivity index (χ4v) is 3.41. The lowest BCUT2D eigenvalue weighted by atomic mass is 9.71. The summed E-state index contributed by atoms with van der Waals surface area (Å²) in [7, 11) is 0. The Morgan fingerprint density at radius 1 is 1.43 bits per heavy atom. The first-order valence-electron chi connectivity index (χ1n) is 7.91. The Balaban J connectivity index is 2.14. The number of carbonyl (C=O) groups excluding carboxylic acids is 2. The Morgan fingerprint density at radius 2 is 2.26 bits per heavy atom. The number of aromatic nitrogens is 1. The second-order valence-electron chi connectivity index (χ2n) is 5.79. The van der Waals surface area contributed by atoms with E-state index in [9.17, 15) is 9.59 Å². The van der Waals surface area contributed by atoms with E-state index in [1.165, 1.54) is 0 Å². The van der Waals surface area contributed by atoms with Gasteiger partial charge in [0.2, 0.25) is 0 Å². The van der Waals surface area contributed by atoms with Gasteiger partial charge >= 0.3 is 5.97 Å². The summed E-state index contributed by atoms with van der Waals surface area (Å²) in [5.41, 5.74) is 3.02. The Hall–Kier alpha value is -2.43. The zero-order valence-corrected chi connectivity index (χ0v) is 13.3. The van der Waals surface area contributed by atoms with Gasteiger partial charge in [-0.3, -0.25) is 9.78 Å². The van der Waals surface area contributed by atoms with E-state index >= 15 is 0 Å². The maximum atomic E-state index is 12.6. The van der Waals surface area contributed by atoms with Gasteiger partial charge in [0, 0.05) is 36.1 Å². The third-order valence-electron chi connectivity index (χ3n) is 4.36. The molecule has 2 heterocycles. The smallest absolute Gasteiger partial charge is 0.336 e. The fraction of sp³-hybridized carbons (Fsp3) is 0.389. The number of hydrogen-bond donors (Lipinski definition) is 1. The van der Waals surface area contributed by atoms with Gasteiger partial charge in [0.15, 0.2) is 0 Å². The summed E-state index contributed by atoms with van der Waals surface area (Å²) in [6.45, 7) is 3.93. The van der Waals surface area contributed by atoms with E-state index in [0.717, 1.165) is 23.4 Å². The van der Waals surface area contributed by atoms with Gasteiger partial charge in [-0.15, -0.1) is 0 Å². The lowest BCUT2D eigenvalue weighted by Gasteiger charge is -2.37. The predicted molar refractivity (Wildman–Crippen MR) is 85.3 cm³/mol. The molecule has 1 aliphatic heterocycles. The van der Waals surface area contributed by atoms with Gasteiger partial charge in [-0.25, -0.2) is 4.79 Å². The van der Waals surface area contributed by atoms with Crippen LogP contribution in [-0.2, 0) is 14.3 Å². The predicted octanol–water partition coefficient (Wildman–Crippen LogP) is 2.47. The Kier molecular flexibility index (Phi) is 4.28. The standard InChI is InChI=1S/C18H20N2O3/c1-3-23-18(22)15-11(2)20-13-7-4-8-14(21)17(13)16(15)12-6-5-9-19-10-12/h5-7,9-10,16-17,20H,3-4,8H2,1-2H3. The quantitative estimate of drug-likeness (QED) is 0.868. The zero-order valence-electron chi connectivity index (χ0n) is 13.3. The number of nitrogens with zero attached hydrogens (tertiary/aromatic N) is 1. The summed E-state index contributed by atoms with van der Waals surface area (Å²) in [6.07, 6.45) is 6.70. The Morgan fingerprint density at radius 3 is 2.96 bits per heavy atom. The molecule has 1 aliphatic carbocycles. The van der Waals surface area contributed by atoms with E-state index in [1.54, 1.807) is 19.3 Å². The average molecular weight is 312 g/mol. The zero-order chi connectivity index (χ0) is 16.4. The number of nitrogens with one attached hydrogen (secondary N) is 1. The number of Topliss-reactive ketones (excluding diaryl/α,β-unsaturated/α-hetero) is 1. The number of fused-ring (bicyclic) bond motifs is 1. The van der Waals surface area contributed by atoms with Crippen molar-refractivity contribution in [1.82, 2.24) is 10.3 Å². The highest BCUT2D eigenvalue weighted by molar-refractivity contribution is 5.96. The normalized spacial score (nSPS) is 23.7. The van der Waals surface area contributed by atoms with Crippen molar-refractivity contribution >= 4 is 11.8 Å². The molecule has 0 radical (unpaired) electrons. The molecule has 0 aromatic carbocycles. The monoisotopic (exact) mass is 312 g/mol. The lowest BCUT2D eigenvalue weighted by Crippen LogP contribution is -2.40. The summed E-state index contributed by atoms with van der Waals surface area (Å²) < 4.78 is 5.23. The molecule has 0 saturated carbocycles. The van der Waals surface area contributed by atoms with Crippen molar-refractivity contribution < 1.29 is 14.3 Å². The summed E-state index contributed by atoms with van der Waals surface area (Å²) in [5.74, 6) is -0.930. The van der Waals surface area contributed by atoms with Crippen LogP contribution in [0.3, 0.4) is 0 Å². The van der Waals surface area contributed by atoms with Gasteiger partial charge in [-0.05, 0) is 31.9 Å². The molecule has 1 N–H and O–H groups in total. The third-order valence-corrected chi connectivity index (χ3v) is 4.36. The van der Waals surface area contributed by atoms with Crippen molar-refractivity contribution in [2.45, 2.75) is 32.6 Å². The van der Waals surface area contributed by atoms with Crippen molar-refractivity contribution in [1.29, 1.82) is 0 Å². The van der Waals surface area contributed by atoms with Gasteiger partial charge in [-0.1, -0.05) is 12.1 Å². The molecule has 5 nitrogen and oxygen atoms in total. The maximum Gasteiger partial charge on any atom is 0.336 e. The second kappa shape index (κ2) is 6.36. The van der Waals surface area contributed by atoms with Gasteiger partial charge in [0.1, 0.15) is 5.78 Å². The van der Waals surface area contributed by atoms with Crippen molar-refractivity contribution in [3.05, 3.63) is 53.1 Å². The highest BCUT2D eigenvalue weighted by Crippen LogP contribution is 2.43. The first-order valence-corrected chi connectivity index (χ1v) is 7.91. The summed E-state index contributed by atoms with van der Waals surface area (Å²) >= 11 is 0. The molecule has 5 heteroatoms. The lowest BCUT2D eigenvalue weighted by molar-refractivity contribution is -0.139. The molecule has 23 heavy (non-hydrogen) atoms. The molecular formula is C18H20N2O3. The molecule has 3 rings (SSSR count).